The summed E-state index contributed by atoms with van der Waals surface area (Å²) in [4.78, 5) is 54.0. The maximum absolute atomic E-state index is 13.8. The minimum atomic E-state index is -1.55. The van der Waals surface area contributed by atoms with Gasteiger partial charge in [0.2, 0.25) is 30.4 Å². The van der Waals surface area contributed by atoms with Crippen molar-refractivity contribution in [1.82, 2.24) is 10.2 Å². The van der Waals surface area contributed by atoms with Crippen molar-refractivity contribution < 1.29 is 28.7 Å². The van der Waals surface area contributed by atoms with Crippen molar-refractivity contribution in [3.63, 3.8) is 0 Å². The summed E-state index contributed by atoms with van der Waals surface area (Å²) in [5.74, 6) is -3.00. The van der Waals surface area contributed by atoms with Crippen LogP contribution in [0.2, 0.25) is 5.02 Å². The molecule has 4 N–H and O–H groups in total. The molecule has 0 radical (unpaired) electrons. The number of carbonyl (C=O) groups is 4. The Kier molecular flexibility index (Phi) is 4.64. The number of anilines is 1. The molecule has 10 nitrogen and oxygen atoms in total. The van der Waals surface area contributed by atoms with Gasteiger partial charge in [-0.2, -0.15) is 0 Å². The van der Waals surface area contributed by atoms with Gasteiger partial charge in [-0.05, 0) is 36.2 Å². The number of rotatable bonds is 4. The summed E-state index contributed by atoms with van der Waals surface area (Å²) in [7, 11) is 0. The number of likely N-dealkylation sites (tertiary alicyclic amines) is 1. The first kappa shape index (κ1) is 21.9. The van der Waals surface area contributed by atoms with Crippen molar-refractivity contribution in [2.24, 2.45) is 17.6 Å². The highest BCUT2D eigenvalue weighted by Crippen LogP contribution is 2.55. The minimum Gasteiger partial charge on any atom is -0.454 e. The second kappa shape index (κ2) is 7.43. The molecule has 6 rings (SSSR count). The topological polar surface area (TPSA) is 140 Å². The number of nitrogens with two attached hydrogens (primary N) is 1. The van der Waals surface area contributed by atoms with E-state index in [1.54, 1.807) is 30.3 Å². The second-order valence-electron chi connectivity index (χ2n) is 9.31. The number of aryl methyl sites for hydroxylation is 1. The van der Waals surface area contributed by atoms with Gasteiger partial charge in [0.25, 0.3) is 0 Å². The average molecular weight is 497 g/mol. The molecule has 2 aromatic rings. The first-order valence-electron chi connectivity index (χ1n) is 11.1. The van der Waals surface area contributed by atoms with Crippen LogP contribution in [-0.2, 0) is 31.3 Å². The molecule has 2 fully saturated rings. The molecule has 1 spiro atoms. The molecule has 180 valence electrons. The number of imide groups is 1. The van der Waals surface area contributed by atoms with E-state index in [9.17, 15) is 19.2 Å². The van der Waals surface area contributed by atoms with Gasteiger partial charge in [0.05, 0.1) is 29.1 Å². The second-order valence-corrected chi connectivity index (χ2v) is 9.71. The molecule has 0 aliphatic carbocycles. The highest BCUT2D eigenvalue weighted by molar-refractivity contribution is 6.35. The van der Waals surface area contributed by atoms with Crippen LogP contribution in [-0.4, -0.2) is 41.4 Å². The fraction of sp³-hybridized carbons (Fsp3) is 0.333. The summed E-state index contributed by atoms with van der Waals surface area (Å²) in [6, 6.07) is 7.86. The quantitative estimate of drug-likeness (QED) is 0.540. The molecule has 2 saturated heterocycles. The Hall–Kier alpha value is -3.63. The van der Waals surface area contributed by atoms with E-state index >= 15 is 0 Å². The molecule has 0 bridgehead atoms. The molecule has 0 saturated carbocycles. The van der Waals surface area contributed by atoms with E-state index < -0.39 is 47.0 Å². The zero-order valence-electron chi connectivity index (χ0n) is 18.6. The highest BCUT2D eigenvalue weighted by Gasteiger charge is 2.70. The number of fused-ring (bicyclic) bond motifs is 5. The Morgan fingerprint density at radius 2 is 1.94 bits per heavy atom. The fourth-order valence-corrected chi connectivity index (χ4v) is 6.14. The summed E-state index contributed by atoms with van der Waals surface area (Å²) in [6.07, 6.45) is -0.206. The molecule has 4 amide bonds. The molecule has 0 unspecified atom stereocenters. The number of hydrogen-bond acceptors (Lipinski definition) is 7. The zero-order valence-corrected chi connectivity index (χ0v) is 19.3. The van der Waals surface area contributed by atoms with Crippen LogP contribution in [0.3, 0.4) is 0 Å². The summed E-state index contributed by atoms with van der Waals surface area (Å²) < 4.78 is 10.7. The van der Waals surface area contributed by atoms with E-state index in [1.165, 1.54) is 0 Å². The van der Waals surface area contributed by atoms with Gasteiger partial charge in [-0.3, -0.25) is 29.4 Å². The Balaban J connectivity index is 1.44. The zero-order chi connectivity index (χ0) is 24.6. The lowest BCUT2D eigenvalue weighted by Gasteiger charge is -2.29. The Morgan fingerprint density at radius 3 is 2.71 bits per heavy atom. The number of hydrogen-bond donors (Lipinski definition) is 3. The number of nitrogens with zero attached hydrogens (tertiary/aromatic N) is 1. The fourth-order valence-electron chi connectivity index (χ4n) is 5.82. The molecule has 4 aliphatic heterocycles. The summed E-state index contributed by atoms with van der Waals surface area (Å²) in [5, 5.41) is 6.27. The Labute approximate surface area is 204 Å². The van der Waals surface area contributed by atoms with Gasteiger partial charge >= 0.3 is 0 Å². The molecule has 4 heterocycles. The lowest BCUT2D eigenvalue weighted by atomic mass is 9.76. The van der Waals surface area contributed by atoms with Gasteiger partial charge in [0, 0.05) is 18.0 Å². The van der Waals surface area contributed by atoms with Gasteiger partial charge in [0.15, 0.2) is 11.5 Å². The van der Waals surface area contributed by atoms with Crippen molar-refractivity contribution in [2.45, 2.75) is 31.5 Å². The van der Waals surface area contributed by atoms with Crippen LogP contribution in [0.5, 0.6) is 11.5 Å². The Morgan fingerprint density at radius 1 is 1.17 bits per heavy atom. The Bertz CT molecular complexity index is 1350. The third-order valence-electron chi connectivity index (χ3n) is 7.21. The van der Waals surface area contributed by atoms with E-state index in [1.807, 2.05) is 6.92 Å². The molecule has 4 atom stereocenters. The van der Waals surface area contributed by atoms with E-state index in [0.29, 0.717) is 33.3 Å². The molecule has 11 heteroatoms. The summed E-state index contributed by atoms with van der Waals surface area (Å²) >= 11 is 6.41. The summed E-state index contributed by atoms with van der Waals surface area (Å²) in [6.45, 7) is 1.91. The molecule has 0 aromatic heterocycles. The maximum Gasteiger partial charge on any atom is 0.250 e. The van der Waals surface area contributed by atoms with E-state index in [4.69, 9.17) is 26.8 Å². The predicted octanol–water partition coefficient (Wildman–Crippen LogP) is 1.17. The van der Waals surface area contributed by atoms with Crippen molar-refractivity contribution >= 4 is 40.9 Å². The number of halogens is 1. The molecular weight excluding hydrogens is 476 g/mol. The monoisotopic (exact) mass is 496 g/mol. The smallest absolute Gasteiger partial charge is 0.250 e. The lowest BCUT2D eigenvalue weighted by Crippen LogP contribution is -2.53. The maximum atomic E-state index is 13.8. The van der Waals surface area contributed by atoms with Gasteiger partial charge < -0.3 is 20.5 Å². The van der Waals surface area contributed by atoms with Crippen LogP contribution < -0.4 is 25.8 Å². The van der Waals surface area contributed by atoms with E-state index in [-0.39, 0.29) is 19.8 Å². The van der Waals surface area contributed by atoms with Crippen LogP contribution in [0.15, 0.2) is 30.3 Å². The standard InChI is InChI=1S/C24H21ClN4O6/c1-10-4-12-20(13(25)5-10)27-23(33)24(12)19-18(14(28-24)7-17(26)30)21(31)29(22(19)32)8-11-2-3-15-16(6-11)35-9-34-15/h2-6,14,18-19,28H,7-9H2,1H3,(H2,26,30)(H,27,33)/t14-,18+,19-,24-/m0/s1. The van der Waals surface area contributed by atoms with Gasteiger partial charge in [-0.15, -0.1) is 0 Å². The van der Waals surface area contributed by atoms with Crippen LogP contribution >= 0.6 is 11.6 Å². The number of nitrogens with one attached hydrogen (secondary N) is 2. The van der Waals surface area contributed by atoms with Crippen LogP contribution in [0.1, 0.15) is 23.1 Å². The minimum absolute atomic E-state index is 0.0102. The lowest BCUT2D eigenvalue weighted by molar-refractivity contribution is -0.143. The number of benzene rings is 2. The first-order chi connectivity index (χ1) is 16.7. The molecular formula is C24H21ClN4O6. The number of carbonyl (C=O) groups excluding carboxylic acids is 4. The molecule has 4 aliphatic rings. The SMILES string of the molecule is Cc1cc(Cl)c2c(c1)[C@@]1(N[C@@H](CC(N)=O)[C@H]3C(=O)N(Cc4ccc5c(c4)OCO5)C(=O)[C@H]31)C(=O)N2. The van der Waals surface area contributed by atoms with E-state index in [0.717, 1.165) is 10.5 Å². The van der Waals surface area contributed by atoms with Gasteiger partial charge in [-0.25, -0.2) is 0 Å². The van der Waals surface area contributed by atoms with Crippen molar-refractivity contribution in [3.8, 4) is 11.5 Å². The van der Waals surface area contributed by atoms with Crippen LogP contribution in [0, 0.1) is 18.8 Å². The number of primary amides is 1. The van der Waals surface area contributed by atoms with E-state index in [2.05, 4.69) is 10.6 Å². The normalized spacial score (nSPS) is 28.0. The van der Waals surface area contributed by atoms with Crippen molar-refractivity contribution in [1.29, 1.82) is 0 Å². The van der Waals surface area contributed by atoms with Crippen LogP contribution in [0.25, 0.3) is 0 Å². The average Bonchev–Trinajstić information content (AvgIpc) is 3.51. The van der Waals surface area contributed by atoms with Crippen molar-refractivity contribution in [3.05, 3.63) is 52.0 Å². The van der Waals surface area contributed by atoms with Crippen molar-refractivity contribution in [2.75, 3.05) is 12.1 Å². The molecule has 35 heavy (non-hydrogen) atoms. The predicted molar refractivity (Wildman–Crippen MR) is 122 cm³/mol. The molecule has 2 aromatic carbocycles. The summed E-state index contributed by atoms with van der Waals surface area (Å²) in [5.41, 5.74) is 6.26. The van der Waals surface area contributed by atoms with Crippen LogP contribution in [0.4, 0.5) is 5.69 Å². The number of amides is 4. The highest BCUT2D eigenvalue weighted by atomic mass is 35.5. The third-order valence-corrected chi connectivity index (χ3v) is 7.51. The van der Waals surface area contributed by atoms with Gasteiger partial charge in [0.1, 0.15) is 5.54 Å². The van der Waals surface area contributed by atoms with Gasteiger partial charge in [-0.1, -0.05) is 23.7 Å². The third kappa shape index (κ3) is 2.99. The largest absolute Gasteiger partial charge is 0.454 e. The number of ether oxygens (including phenoxy) is 2. The first-order valence-corrected chi connectivity index (χ1v) is 11.5.